The number of fused-ring (bicyclic) bond motifs is 1. The third-order valence-corrected chi connectivity index (χ3v) is 4.99. The normalized spacial score (nSPS) is 15.6. The number of urea groups is 1. The lowest BCUT2D eigenvalue weighted by molar-refractivity contribution is 0.0600. The molecule has 0 spiro atoms. The number of hydrogen-bond donors (Lipinski definition) is 1. The molecule has 152 valence electrons. The van der Waals surface area contributed by atoms with E-state index in [4.69, 9.17) is 14.2 Å². The van der Waals surface area contributed by atoms with Crippen molar-refractivity contribution in [1.29, 1.82) is 0 Å². The van der Waals surface area contributed by atoms with Crippen molar-refractivity contribution in [1.82, 2.24) is 4.90 Å². The zero-order chi connectivity index (χ0) is 20.2. The third-order valence-electron chi connectivity index (χ3n) is 4.99. The van der Waals surface area contributed by atoms with Crippen LogP contribution in [0.3, 0.4) is 0 Å². The van der Waals surface area contributed by atoms with Crippen LogP contribution in [0.5, 0.6) is 11.5 Å². The van der Waals surface area contributed by atoms with Crippen LogP contribution in [0.1, 0.15) is 10.4 Å². The van der Waals surface area contributed by atoms with Gasteiger partial charge in [0.05, 0.1) is 12.7 Å². The molecule has 0 radical (unpaired) electrons. The Labute approximate surface area is 168 Å². The second-order valence-electron chi connectivity index (χ2n) is 6.80. The number of nitrogens with one attached hydrogen (secondary N) is 1. The van der Waals surface area contributed by atoms with E-state index in [1.54, 1.807) is 29.2 Å². The molecular formula is C21H23N3O5. The fourth-order valence-corrected chi connectivity index (χ4v) is 3.44. The Kier molecular flexibility index (Phi) is 5.41. The molecule has 2 aliphatic rings. The minimum absolute atomic E-state index is 0.186. The van der Waals surface area contributed by atoms with E-state index in [2.05, 4.69) is 10.2 Å². The summed E-state index contributed by atoms with van der Waals surface area (Å²) in [5.41, 5.74) is 2.01. The van der Waals surface area contributed by atoms with E-state index in [0.717, 1.165) is 30.3 Å². The van der Waals surface area contributed by atoms with Crippen LogP contribution >= 0.6 is 0 Å². The van der Waals surface area contributed by atoms with Crippen molar-refractivity contribution in [3.8, 4) is 11.5 Å². The van der Waals surface area contributed by atoms with Gasteiger partial charge in [-0.1, -0.05) is 6.07 Å². The monoisotopic (exact) mass is 397 g/mol. The predicted octanol–water partition coefficient (Wildman–Crippen LogP) is 2.60. The number of hydrogen-bond acceptors (Lipinski definition) is 6. The maximum absolute atomic E-state index is 12.6. The second-order valence-corrected chi connectivity index (χ2v) is 6.80. The van der Waals surface area contributed by atoms with Gasteiger partial charge in [-0.3, -0.25) is 0 Å². The maximum atomic E-state index is 12.6. The van der Waals surface area contributed by atoms with Crippen LogP contribution in [0.2, 0.25) is 0 Å². The fourth-order valence-electron chi connectivity index (χ4n) is 3.44. The van der Waals surface area contributed by atoms with E-state index in [-0.39, 0.29) is 6.03 Å². The van der Waals surface area contributed by atoms with Gasteiger partial charge in [-0.25, -0.2) is 9.59 Å². The van der Waals surface area contributed by atoms with Crippen molar-refractivity contribution in [3.05, 3.63) is 48.0 Å². The molecular weight excluding hydrogens is 374 g/mol. The first-order valence-corrected chi connectivity index (χ1v) is 9.53. The van der Waals surface area contributed by atoms with Gasteiger partial charge in [-0.15, -0.1) is 0 Å². The quantitative estimate of drug-likeness (QED) is 0.802. The van der Waals surface area contributed by atoms with Crippen molar-refractivity contribution in [3.63, 3.8) is 0 Å². The van der Waals surface area contributed by atoms with E-state index in [1.165, 1.54) is 7.11 Å². The highest BCUT2D eigenvalue weighted by Gasteiger charge is 2.23. The molecule has 0 bridgehead atoms. The number of anilines is 2. The van der Waals surface area contributed by atoms with Gasteiger partial charge in [-0.05, 0) is 30.3 Å². The number of carbonyl (C=O) groups excluding carboxylic acids is 2. The van der Waals surface area contributed by atoms with Gasteiger partial charge >= 0.3 is 12.0 Å². The Morgan fingerprint density at radius 3 is 2.48 bits per heavy atom. The Morgan fingerprint density at radius 2 is 1.72 bits per heavy atom. The summed E-state index contributed by atoms with van der Waals surface area (Å²) in [6.45, 7) is 3.75. The summed E-state index contributed by atoms with van der Waals surface area (Å²) >= 11 is 0. The molecule has 0 unspecified atom stereocenters. The average molecular weight is 397 g/mol. The topological polar surface area (TPSA) is 80.3 Å². The van der Waals surface area contributed by atoms with Gasteiger partial charge in [0, 0.05) is 43.6 Å². The molecule has 1 N–H and O–H groups in total. The molecule has 2 aliphatic heterocycles. The van der Waals surface area contributed by atoms with Crippen LogP contribution in [-0.2, 0) is 4.74 Å². The Balaban J connectivity index is 1.35. The first kappa shape index (κ1) is 18.9. The third kappa shape index (κ3) is 4.21. The van der Waals surface area contributed by atoms with Crippen LogP contribution < -0.4 is 19.7 Å². The second kappa shape index (κ2) is 8.30. The number of benzene rings is 2. The van der Waals surface area contributed by atoms with Gasteiger partial charge in [0.1, 0.15) is 13.2 Å². The largest absolute Gasteiger partial charge is 0.486 e. The highest BCUT2D eigenvalue weighted by Crippen LogP contribution is 2.34. The summed E-state index contributed by atoms with van der Waals surface area (Å²) in [7, 11) is 1.33. The summed E-state index contributed by atoms with van der Waals surface area (Å²) < 4.78 is 15.9. The van der Waals surface area contributed by atoms with Crippen molar-refractivity contribution in [2.45, 2.75) is 0 Å². The number of rotatable bonds is 3. The molecule has 1 saturated heterocycles. The zero-order valence-electron chi connectivity index (χ0n) is 16.2. The van der Waals surface area contributed by atoms with Gasteiger partial charge < -0.3 is 29.3 Å². The molecule has 8 heteroatoms. The van der Waals surface area contributed by atoms with Gasteiger partial charge in [-0.2, -0.15) is 0 Å². The molecule has 29 heavy (non-hydrogen) atoms. The number of carbonyl (C=O) groups is 2. The number of esters is 1. The highest BCUT2D eigenvalue weighted by atomic mass is 16.6. The molecule has 8 nitrogen and oxygen atoms in total. The Morgan fingerprint density at radius 1 is 0.966 bits per heavy atom. The van der Waals surface area contributed by atoms with Crippen LogP contribution in [0.25, 0.3) is 0 Å². The lowest BCUT2D eigenvalue weighted by Crippen LogP contribution is -2.50. The zero-order valence-corrected chi connectivity index (χ0v) is 16.2. The van der Waals surface area contributed by atoms with E-state index < -0.39 is 5.97 Å². The molecule has 2 amide bonds. The van der Waals surface area contributed by atoms with Crippen molar-refractivity contribution < 1.29 is 23.8 Å². The fraction of sp³-hybridized carbons (Fsp3) is 0.333. The van der Waals surface area contributed by atoms with E-state index in [0.29, 0.717) is 37.6 Å². The smallest absolute Gasteiger partial charge is 0.337 e. The summed E-state index contributed by atoms with van der Waals surface area (Å²) in [6.07, 6.45) is 0. The van der Waals surface area contributed by atoms with Crippen LogP contribution in [-0.4, -0.2) is 63.4 Å². The van der Waals surface area contributed by atoms with E-state index in [9.17, 15) is 9.59 Å². The number of ether oxygens (including phenoxy) is 3. The van der Waals surface area contributed by atoms with Crippen LogP contribution in [0.15, 0.2) is 42.5 Å². The minimum atomic E-state index is -0.436. The minimum Gasteiger partial charge on any atom is -0.486 e. The lowest BCUT2D eigenvalue weighted by Gasteiger charge is -2.36. The highest BCUT2D eigenvalue weighted by molar-refractivity contribution is 5.94. The molecule has 4 rings (SSSR count). The van der Waals surface area contributed by atoms with Crippen molar-refractivity contribution in [2.75, 3.05) is 56.7 Å². The molecule has 1 fully saturated rings. The number of piperazine rings is 1. The SMILES string of the molecule is COC(=O)c1cccc(NC(=O)N2CCN(c3ccc4c(c3)OCCO4)CC2)c1. The number of amides is 2. The maximum Gasteiger partial charge on any atom is 0.337 e. The van der Waals surface area contributed by atoms with E-state index in [1.807, 2.05) is 18.2 Å². The summed E-state index contributed by atoms with van der Waals surface area (Å²) in [4.78, 5) is 28.2. The number of nitrogens with zero attached hydrogens (tertiary/aromatic N) is 2. The van der Waals surface area contributed by atoms with Gasteiger partial charge in [0.2, 0.25) is 0 Å². The summed E-state index contributed by atoms with van der Waals surface area (Å²) in [5.74, 6) is 1.10. The standard InChI is InChI=1S/C21H23N3O5/c1-27-20(25)15-3-2-4-16(13-15)22-21(26)24-9-7-23(8-10-24)17-5-6-18-19(14-17)29-12-11-28-18/h2-6,13-14H,7-12H2,1H3,(H,22,26). The molecule has 0 atom stereocenters. The lowest BCUT2D eigenvalue weighted by atomic mass is 10.2. The van der Waals surface area contributed by atoms with Gasteiger partial charge in [0.15, 0.2) is 11.5 Å². The Hall–Kier alpha value is -3.42. The Bertz CT molecular complexity index is 909. The number of methoxy groups -OCH3 is 1. The molecule has 2 aromatic rings. The first-order chi connectivity index (χ1) is 14.1. The van der Waals surface area contributed by atoms with Crippen LogP contribution in [0, 0.1) is 0 Å². The molecule has 0 aliphatic carbocycles. The molecule has 2 heterocycles. The average Bonchev–Trinajstić information content (AvgIpc) is 2.78. The van der Waals surface area contributed by atoms with Gasteiger partial charge in [0.25, 0.3) is 0 Å². The molecule has 2 aromatic carbocycles. The van der Waals surface area contributed by atoms with Crippen LogP contribution in [0.4, 0.5) is 16.2 Å². The van der Waals surface area contributed by atoms with E-state index >= 15 is 0 Å². The molecule has 0 saturated carbocycles. The van der Waals surface area contributed by atoms with Crippen molar-refractivity contribution in [2.24, 2.45) is 0 Å². The summed E-state index contributed by atoms with van der Waals surface area (Å²) in [5, 5.41) is 2.85. The predicted molar refractivity (Wildman–Crippen MR) is 108 cm³/mol. The summed E-state index contributed by atoms with van der Waals surface area (Å²) in [6, 6.07) is 12.5. The first-order valence-electron chi connectivity index (χ1n) is 9.53. The molecule has 0 aromatic heterocycles. The van der Waals surface area contributed by atoms with Crippen molar-refractivity contribution >= 4 is 23.4 Å².